The SMILES string of the molecule is C[C@@H](NC(=O)Nc1cc2[nH]nc(-c3ccnc(Cl)c3)c2cn1)c1ccc(F)c(Cl)c1. The highest BCUT2D eigenvalue weighted by molar-refractivity contribution is 6.30. The highest BCUT2D eigenvalue weighted by atomic mass is 35.5. The van der Waals surface area contributed by atoms with E-state index in [0.29, 0.717) is 27.7 Å². The summed E-state index contributed by atoms with van der Waals surface area (Å²) in [6.45, 7) is 1.76. The van der Waals surface area contributed by atoms with E-state index in [4.69, 9.17) is 23.2 Å². The number of H-pyrrole nitrogens is 1. The Morgan fingerprint density at radius 1 is 1.17 bits per heavy atom. The molecule has 0 aliphatic rings. The second kappa shape index (κ2) is 8.25. The summed E-state index contributed by atoms with van der Waals surface area (Å²) in [5.41, 5.74) is 2.85. The monoisotopic (exact) mass is 444 g/mol. The molecule has 2 amide bonds. The van der Waals surface area contributed by atoms with Crippen molar-refractivity contribution in [1.82, 2.24) is 25.5 Å². The van der Waals surface area contributed by atoms with Crippen LogP contribution in [0.1, 0.15) is 18.5 Å². The molecule has 0 spiro atoms. The standard InChI is InChI=1S/C20H15Cl2FN6O/c1-10(11-2-3-15(23)14(21)6-11)26-20(30)27-18-8-16-13(9-25-18)19(29-28-16)12-4-5-24-17(22)7-12/h2-10H,1H3,(H,28,29)(H2,25,26,27,30)/t10-/m1/s1. The predicted octanol–water partition coefficient (Wildman–Crippen LogP) is 5.35. The van der Waals surface area contributed by atoms with Crippen molar-refractivity contribution in [2.24, 2.45) is 0 Å². The van der Waals surface area contributed by atoms with Crippen LogP contribution < -0.4 is 10.6 Å². The molecular weight excluding hydrogens is 430 g/mol. The molecule has 4 rings (SSSR count). The molecule has 1 aromatic carbocycles. The van der Waals surface area contributed by atoms with Gasteiger partial charge in [0.1, 0.15) is 22.5 Å². The van der Waals surface area contributed by atoms with E-state index < -0.39 is 11.8 Å². The van der Waals surface area contributed by atoms with E-state index in [-0.39, 0.29) is 11.1 Å². The summed E-state index contributed by atoms with van der Waals surface area (Å²) in [7, 11) is 0. The Hall–Kier alpha value is -3.23. The number of carbonyl (C=O) groups excluding carboxylic acids is 1. The van der Waals surface area contributed by atoms with Crippen LogP contribution in [0.25, 0.3) is 22.2 Å². The molecule has 0 aliphatic heterocycles. The summed E-state index contributed by atoms with van der Waals surface area (Å²) in [6.07, 6.45) is 3.21. The van der Waals surface area contributed by atoms with E-state index in [1.54, 1.807) is 43.6 Å². The van der Waals surface area contributed by atoms with Crippen LogP contribution in [0.15, 0.2) is 48.8 Å². The third kappa shape index (κ3) is 4.19. The fraction of sp³-hybridized carbons (Fsp3) is 0.100. The molecule has 30 heavy (non-hydrogen) atoms. The Morgan fingerprint density at radius 2 is 2.00 bits per heavy atom. The minimum atomic E-state index is -0.512. The zero-order chi connectivity index (χ0) is 21.3. The van der Waals surface area contributed by atoms with Crippen LogP contribution in [-0.4, -0.2) is 26.2 Å². The number of halogens is 3. The zero-order valence-electron chi connectivity index (χ0n) is 15.6. The van der Waals surface area contributed by atoms with Gasteiger partial charge in [0, 0.05) is 29.4 Å². The Kier molecular flexibility index (Phi) is 5.52. The van der Waals surface area contributed by atoms with Crippen molar-refractivity contribution in [3.8, 4) is 11.3 Å². The first-order valence-corrected chi connectivity index (χ1v) is 9.65. The molecule has 0 saturated carbocycles. The molecule has 10 heteroatoms. The van der Waals surface area contributed by atoms with Gasteiger partial charge in [0.25, 0.3) is 0 Å². The molecular formula is C20H15Cl2FN6O. The van der Waals surface area contributed by atoms with E-state index in [2.05, 4.69) is 30.8 Å². The van der Waals surface area contributed by atoms with E-state index in [0.717, 1.165) is 10.9 Å². The van der Waals surface area contributed by atoms with Crippen LogP contribution in [0.2, 0.25) is 10.2 Å². The molecule has 3 aromatic heterocycles. The number of anilines is 1. The van der Waals surface area contributed by atoms with E-state index in [1.807, 2.05) is 0 Å². The number of hydrogen-bond acceptors (Lipinski definition) is 4. The van der Waals surface area contributed by atoms with Crippen molar-refractivity contribution >= 4 is 46.0 Å². The van der Waals surface area contributed by atoms with Crippen LogP contribution in [-0.2, 0) is 0 Å². The number of pyridine rings is 2. The molecule has 4 aromatic rings. The van der Waals surface area contributed by atoms with Crippen LogP contribution in [0.5, 0.6) is 0 Å². The number of fused-ring (bicyclic) bond motifs is 1. The summed E-state index contributed by atoms with van der Waals surface area (Å²) in [4.78, 5) is 20.6. The molecule has 3 heterocycles. The molecule has 3 N–H and O–H groups in total. The molecule has 0 saturated heterocycles. The molecule has 0 fully saturated rings. The van der Waals surface area contributed by atoms with Gasteiger partial charge in [0.05, 0.1) is 16.6 Å². The number of hydrogen-bond donors (Lipinski definition) is 3. The van der Waals surface area contributed by atoms with Crippen LogP contribution in [0.3, 0.4) is 0 Å². The van der Waals surface area contributed by atoms with Gasteiger partial charge in [-0.1, -0.05) is 29.3 Å². The maximum absolute atomic E-state index is 13.3. The molecule has 0 aliphatic carbocycles. The second-order valence-electron chi connectivity index (χ2n) is 6.55. The van der Waals surface area contributed by atoms with Gasteiger partial charge in [0.2, 0.25) is 0 Å². The summed E-state index contributed by atoms with van der Waals surface area (Å²) in [5, 5.41) is 13.8. The zero-order valence-corrected chi connectivity index (χ0v) is 17.1. The van der Waals surface area contributed by atoms with Gasteiger partial charge in [-0.25, -0.2) is 19.2 Å². The largest absolute Gasteiger partial charge is 0.331 e. The van der Waals surface area contributed by atoms with Crippen molar-refractivity contribution in [3.63, 3.8) is 0 Å². The van der Waals surface area contributed by atoms with Gasteiger partial charge in [-0.05, 0) is 36.8 Å². The van der Waals surface area contributed by atoms with Gasteiger partial charge in [-0.3, -0.25) is 10.4 Å². The van der Waals surface area contributed by atoms with E-state index in [1.165, 1.54) is 12.1 Å². The van der Waals surface area contributed by atoms with Crippen LogP contribution in [0.4, 0.5) is 15.0 Å². The quantitative estimate of drug-likeness (QED) is 0.369. The van der Waals surface area contributed by atoms with Crippen molar-refractivity contribution in [2.45, 2.75) is 13.0 Å². The highest BCUT2D eigenvalue weighted by Crippen LogP contribution is 2.28. The average Bonchev–Trinajstić information content (AvgIpc) is 3.13. The molecule has 0 bridgehead atoms. The van der Waals surface area contributed by atoms with Gasteiger partial charge in [0.15, 0.2) is 0 Å². The Morgan fingerprint density at radius 3 is 2.77 bits per heavy atom. The lowest BCUT2D eigenvalue weighted by Gasteiger charge is -2.15. The van der Waals surface area contributed by atoms with Gasteiger partial charge < -0.3 is 5.32 Å². The number of nitrogens with one attached hydrogen (secondary N) is 3. The fourth-order valence-corrected chi connectivity index (χ4v) is 3.33. The minimum absolute atomic E-state index is 0.000731. The molecule has 1 atom stereocenters. The number of urea groups is 1. The first-order valence-electron chi connectivity index (χ1n) is 8.89. The maximum Gasteiger partial charge on any atom is 0.320 e. The summed E-state index contributed by atoms with van der Waals surface area (Å²) < 4.78 is 13.3. The Labute approximate surface area is 180 Å². The summed E-state index contributed by atoms with van der Waals surface area (Å²) >= 11 is 11.8. The second-order valence-corrected chi connectivity index (χ2v) is 7.34. The van der Waals surface area contributed by atoms with Crippen molar-refractivity contribution < 1.29 is 9.18 Å². The van der Waals surface area contributed by atoms with Crippen molar-refractivity contribution in [3.05, 3.63) is 70.3 Å². The first kappa shape index (κ1) is 20.1. The lowest BCUT2D eigenvalue weighted by molar-refractivity contribution is 0.249. The lowest BCUT2D eigenvalue weighted by atomic mass is 10.1. The van der Waals surface area contributed by atoms with Crippen molar-refractivity contribution in [2.75, 3.05) is 5.32 Å². The highest BCUT2D eigenvalue weighted by Gasteiger charge is 2.14. The Balaban J connectivity index is 1.48. The van der Waals surface area contributed by atoms with Crippen LogP contribution in [0, 0.1) is 5.82 Å². The minimum Gasteiger partial charge on any atom is -0.331 e. The van der Waals surface area contributed by atoms with Gasteiger partial charge >= 0.3 is 6.03 Å². The third-order valence-electron chi connectivity index (χ3n) is 4.48. The third-order valence-corrected chi connectivity index (χ3v) is 4.98. The topological polar surface area (TPSA) is 95.6 Å². The van der Waals surface area contributed by atoms with E-state index in [9.17, 15) is 9.18 Å². The predicted molar refractivity (Wildman–Crippen MR) is 114 cm³/mol. The van der Waals surface area contributed by atoms with Gasteiger partial charge in [-0.15, -0.1) is 0 Å². The van der Waals surface area contributed by atoms with E-state index >= 15 is 0 Å². The number of benzene rings is 1. The number of aromatic amines is 1. The summed E-state index contributed by atoms with van der Waals surface area (Å²) in [6, 6.07) is 8.63. The number of carbonyl (C=O) groups is 1. The smallest absolute Gasteiger partial charge is 0.320 e. The maximum atomic E-state index is 13.3. The van der Waals surface area contributed by atoms with Crippen LogP contribution >= 0.6 is 23.2 Å². The Bertz CT molecular complexity index is 1250. The number of rotatable bonds is 4. The normalized spacial score (nSPS) is 12.0. The number of aromatic nitrogens is 4. The van der Waals surface area contributed by atoms with Crippen molar-refractivity contribution in [1.29, 1.82) is 0 Å². The first-order chi connectivity index (χ1) is 14.4. The van der Waals surface area contributed by atoms with Gasteiger partial charge in [-0.2, -0.15) is 5.10 Å². The summed E-state index contributed by atoms with van der Waals surface area (Å²) in [5.74, 6) is -0.171. The number of nitrogens with zero attached hydrogens (tertiary/aromatic N) is 3. The molecule has 0 radical (unpaired) electrons. The molecule has 152 valence electrons. The average molecular weight is 445 g/mol. The number of amides is 2. The fourth-order valence-electron chi connectivity index (χ4n) is 2.97. The molecule has 0 unspecified atom stereocenters. The molecule has 7 nitrogen and oxygen atoms in total. The lowest BCUT2D eigenvalue weighted by Crippen LogP contribution is -2.31.